The second kappa shape index (κ2) is 5.56. The summed E-state index contributed by atoms with van der Waals surface area (Å²) in [4.78, 5) is 13.8. The Morgan fingerprint density at radius 2 is 1.95 bits per heavy atom. The van der Waals surface area contributed by atoms with E-state index in [4.69, 9.17) is 0 Å². The Labute approximate surface area is 121 Å². The van der Waals surface area contributed by atoms with E-state index in [2.05, 4.69) is 42.6 Å². The monoisotopic (exact) mass is 323 g/mol. The van der Waals surface area contributed by atoms with Gasteiger partial charge < -0.3 is 4.90 Å². The Kier molecular flexibility index (Phi) is 3.81. The van der Waals surface area contributed by atoms with Crippen LogP contribution in [0.3, 0.4) is 0 Å². The van der Waals surface area contributed by atoms with Gasteiger partial charge in [-0.2, -0.15) is 0 Å². The summed E-state index contributed by atoms with van der Waals surface area (Å²) < 4.78 is 3.01. The highest BCUT2D eigenvalue weighted by atomic mass is 79.9. The van der Waals surface area contributed by atoms with Crippen LogP contribution in [0.15, 0.2) is 23.1 Å². The molecule has 6 heteroatoms. The molecule has 1 aliphatic rings. The second-order valence-corrected chi connectivity index (χ2v) is 5.60. The number of halogens is 1. The molecule has 0 radical (unpaired) electrons. The number of likely N-dealkylation sites (N-methyl/N-ethyl adjacent to an activating group) is 1. The van der Waals surface area contributed by atoms with Gasteiger partial charge in [0.15, 0.2) is 0 Å². The van der Waals surface area contributed by atoms with Crippen molar-refractivity contribution in [2.45, 2.75) is 13.5 Å². The summed E-state index contributed by atoms with van der Waals surface area (Å²) in [6.07, 6.45) is 3.76. The molecule has 3 heterocycles. The number of hydrogen-bond donors (Lipinski definition) is 0. The van der Waals surface area contributed by atoms with E-state index in [1.807, 2.05) is 16.7 Å². The highest BCUT2D eigenvalue weighted by Gasteiger charge is 2.18. The van der Waals surface area contributed by atoms with E-state index in [1.54, 1.807) is 6.20 Å². The topological polar surface area (TPSA) is 36.7 Å². The van der Waals surface area contributed by atoms with Crippen molar-refractivity contribution in [3.05, 3.63) is 28.8 Å². The molecule has 2 aromatic heterocycles. The lowest BCUT2D eigenvalue weighted by Gasteiger charge is -2.33. The first-order chi connectivity index (χ1) is 9.28. The molecule has 0 N–H and O–H groups in total. The van der Waals surface area contributed by atoms with Crippen LogP contribution >= 0.6 is 15.9 Å². The lowest BCUT2D eigenvalue weighted by atomic mass is 10.3. The lowest BCUT2D eigenvalue weighted by molar-refractivity contribution is 0.131. The van der Waals surface area contributed by atoms with Gasteiger partial charge in [-0.3, -0.25) is 9.30 Å². The third-order valence-corrected chi connectivity index (χ3v) is 4.54. The van der Waals surface area contributed by atoms with Crippen molar-refractivity contribution >= 4 is 21.7 Å². The van der Waals surface area contributed by atoms with Gasteiger partial charge in [-0.05, 0) is 28.5 Å². The van der Waals surface area contributed by atoms with Gasteiger partial charge in [-0.25, -0.2) is 9.97 Å². The molecule has 0 spiro atoms. The minimum atomic E-state index is 0.761. The van der Waals surface area contributed by atoms with Crippen molar-refractivity contribution in [1.82, 2.24) is 24.2 Å². The summed E-state index contributed by atoms with van der Waals surface area (Å²) in [5.74, 6) is 0.761. The summed E-state index contributed by atoms with van der Waals surface area (Å²) >= 11 is 3.63. The molecule has 0 saturated carbocycles. The zero-order valence-electron chi connectivity index (χ0n) is 11.1. The highest BCUT2D eigenvalue weighted by Crippen LogP contribution is 2.19. The van der Waals surface area contributed by atoms with Crippen LogP contribution in [0.4, 0.5) is 0 Å². The lowest BCUT2D eigenvalue weighted by Crippen LogP contribution is -2.45. The molecule has 1 aliphatic heterocycles. The van der Waals surface area contributed by atoms with E-state index in [9.17, 15) is 0 Å². The molecular weight excluding hydrogens is 306 g/mol. The zero-order valence-corrected chi connectivity index (χ0v) is 12.7. The molecule has 0 aliphatic carbocycles. The normalized spacial score (nSPS) is 18.2. The number of rotatable bonds is 3. The van der Waals surface area contributed by atoms with Gasteiger partial charge >= 0.3 is 0 Å². The third kappa shape index (κ3) is 2.66. The number of nitrogens with zero attached hydrogens (tertiary/aromatic N) is 5. The molecule has 0 unspecified atom stereocenters. The SMILES string of the molecule is CCN1CCN(Cc2nc3ncccn3c2Br)CC1. The van der Waals surface area contributed by atoms with E-state index in [-0.39, 0.29) is 0 Å². The fourth-order valence-corrected chi connectivity index (χ4v) is 2.97. The van der Waals surface area contributed by atoms with Gasteiger partial charge in [-0.1, -0.05) is 6.92 Å². The van der Waals surface area contributed by atoms with Crippen molar-refractivity contribution in [1.29, 1.82) is 0 Å². The predicted molar refractivity (Wildman–Crippen MR) is 78.1 cm³/mol. The van der Waals surface area contributed by atoms with Gasteiger partial charge in [0.2, 0.25) is 5.78 Å². The van der Waals surface area contributed by atoms with Crippen LogP contribution in [0, 0.1) is 0 Å². The molecule has 3 rings (SSSR count). The van der Waals surface area contributed by atoms with Crippen LogP contribution in [-0.4, -0.2) is 56.9 Å². The van der Waals surface area contributed by atoms with Crippen LogP contribution in [0.25, 0.3) is 5.78 Å². The van der Waals surface area contributed by atoms with E-state index in [0.29, 0.717) is 0 Å². The van der Waals surface area contributed by atoms with Crippen LogP contribution in [0.1, 0.15) is 12.6 Å². The molecule has 19 heavy (non-hydrogen) atoms. The summed E-state index contributed by atoms with van der Waals surface area (Å²) in [5.41, 5.74) is 1.07. The van der Waals surface area contributed by atoms with E-state index in [1.165, 1.54) is 0 Å². The first kappa shape index (κ1) is 13.0. The molecular formula is C13H18BrN5. The average molecular weight is 324 g/mol. The number of aromatic nitrogens is 3. The predicted octanol–water partition coefficient (Wildman–Crippen LogP) is 1.63. The first-order valence-corrected chi connectivity index (χ1v) is 7.49. The molecule has 0 atom stereocenters. The number of hydrogen-bond acceptors (Lipinski definition) is 4. The fraction of sp³-hybridized carbons (Fsp3) is 0.538. The average Bonchev–Trinajstić information content (AvgIpc) is 2.77. The third-order valence-electron chi connectivity index (χ3n) is 3.70. The van der Waals surface area contributed by atoms with Crippen molar-refractivity contribution in [3.8, 4) is 0 Å². The Morgan fingerprint density at radius 3 is 2.63 bits per heavy atom. The van der Waals surface area contributed by atoms with Crippen molar-refractivity contribution < 1.29 is 0 Å². The van der Waals surface area contributed by atoms with Crippen molar-refractivity contribution in [2.75, 3.05) is 32.7 Å². The van der Waals surface area contributed by atoms with Gasteiger partial charge in [0.1, 0.15) is 4.60 Å². The highest BCUT2D eigenvalue weighted by molar-refractivity contribution is 9.10. The quantitative estimate of drug-likeness (QED) is 0.860. The van der Waals surface area contributed by atoms with Crippen molar-refractivity contribution in [2.24, 2.45) is 0 Å². The van der Waals surface area contributed by atoms with Gasteiger partial charge in [0, 0.05) is 45.1 Å². The molecule has 102 valence electrons. The zero-order chi connectivity index (χ0) is 13.2. The first-order valence-electron chi connectivity index (χ1n) is 6.70. The van der Waals surface area contributed by atoms with Gasteiger partial charge in [0.05, 0.1) is 5.69 Å². The Bertz CT molecular complexity index is 559. The second-order valence-electron chi connectivity index (χ2n) is 4.85. The van der Waals surface area contributed by atoms with Gasteiger partial charge in [0.25, 0.3) is 0 Å². The summed E-state index contributed by atoms with van der Waals surface area (Å²) in [6, 6.07) is 1.92. The standard InChI is InChI=1S/C13H18BrN5/c1-2-17-6-8-18(9-7-17)10-11-12(14)19-5-3-4-15-13(19)16-11/h3-5H,2,6-10H2,1H3. The Balaban J connectivity index is 1.73. The number of piperazine rings is 1. The van der Waals surface area contributed by atoms with Crippen LogP contribution in [0.2, 0.25) is 0 Å². The van der Waals surface area contributed by atoms with E-state index in [0.717, 1.165) is 55.3 Å². The summed E-state index contributed by atoms with van der Waals surface area (Å²) in [5, 5.41) is 0. The smallest absolute Gasteiger partial charge is 0.234 e. The fourth-order valence-electron chi connectivity index (χ4n) is 2.48. The van der Waals surface area contributed by atoms with Crippen LogP contribution in [0.5, 0.6) is 0 Å². The Hall–Kier alpha value is -0.980. The minimum Gasteiger partial charge on any atom is -0.301 e. The Morgan fingerprint density at radius 1 is 1.21 bits per heavy atom. The molecule has 1 fully saturated rings. The maximum atomic E-state index is 4.60. The van der Waals surface area contributed by atoms with Crippen LogP contribution in [-0.2, 0) is 6.54 Å². The molecule has 2 aromatic rings. The number of fused-ring (bicyclic) bond motifs is 1. The number of imidazole rings is 1. The summed E-state index contributed by atoms with van der Waals surface area (Å²) in [6.45, 7) is 8.79. The molecule has 1 saturated heterocycles. The molecule has 0 bridgehead atoms. The maximum Gasteiger partial charge on any atom is 0.234 e. The maximum absolute atomic E-state index is 4.60. The van der Waals surface area contributed by atoms with Crippen molar-refractivity contribution in [3.63, 3.8) is 0 Å². The largest absolute Gasteiger partial charge is 0.301 e. The van der Waals surface area contributed by atoms with Gasteiger partial charge in [-0.15, -0.1) is 0 Å². The molecule has 0 aromatic carbocycles. The molecule has 5 nitrogen and oxygen atoms in total. The minimum absolute atomic E-state index is 0.761. The molecule has 0 amide bonds. The van der Waals surface area contributed by atoms with Crippen LogP contribution < -0.4 is 0 Å². The van der Waals surface area contributed by atoms with E-state index >= 15 is 0 Å². The summed E-state index contributed by atoms with van der Waals surface area (Å²) in [7, 11) is 0. The van der Waals surface area contributed by atoms with E-state index < -0.39 is 0 Å².